The van der Waals surface area contributed by atoms with Gasteiger partial charge in [0.2, 0.25) is 0 Å². The Morgan fingerprint density at radius 3 is 2.39 bits per heavy atom. The SMILES string of the molecule is COc1ccc(CNC(CCC(=O)O)Cc2ccccc2)cc1. The average Bonchev–Trinajstić information content (AvgIpc) is 2.58. The highest BCUT2D eigenvalue weighted by molar-refractivity contribution is 5.66. The van der Waals surface area contributed by atoms with Crippen LogP contribution in [0.5, 0.6) is 5.75 Å². The van der Waals surface area contributed by atoms with E-state index >= 15 is 0 Å². The zero-order valence-electron chi connectivity index (χ0n) is 13.4. The fourth-order valence-electron chi connectivity index (χ4n) is 2.48. The van der Waals surface area contributed by atoms with Gasteiger partial charge in [0.1, 0.15) is 5.75 Å². The van der Waals surface area contributed by atoms with Gasteiger partial charge in [0.25, 0.3) is 0 Å². The summed E-state index contributed by atoms with van der Waals surface area (Å²) in [5.74, 6) is 0.0785. The quantitative estimate of drug-likeness (QED) is 0.746. The summed E-state index contributed by atoms with van der Waals surface area (Å²) in [5.41, 5.74) is 2.37. The predicted octanol–water partition coefficient (Wildman–Crippen LogP) is 3.26. The van der Waals surface area contributed by atoms with Crippen LogP contribution in [0.3, 0.4) is 0 Å². The van der Waals surface area contributed by atoms with E-state index in [4.69, 9.17) is 9.84 Å². The van der Waals surface area contributed by atoms with Crippen LogP contribution in [0.25, 0.3) is 0 Å². The maximum atomic E-state index is 10.9. The van der Waals surface area contributed by atoms with Gasteiger partial charge in [-0.05, 0) is 36.1 Å². The van der Waals surface area contributed by atoms with Crippen LogP contribution in [-0.4, -0.2) is 24.2 Å². The van der Waals surface area contributed by atoms with Gasteiger partial charge >= 0.3 is 5.97 Å². The number of hydrogen-bond donors (Lipinski definition) is 2. The largest absolute Gasteiger partial charge is 0.497 e. The molecule has 0 saturated carbocycles. The molecule has 1 unspecified atom stereocenters. The lowest BCUT2D eigenvalue weighted by molar-refractivity contribution is -0.137. The van der Waals surface area contributed by atoms with Crippen molar-refractivity contribution < 1.29 is 14.6 Å². The molecule has 0 saturated heterocycles. The van der Waals surface area contributed by atoms with Crippen LogP contribution < -0.4 is 10.1 Å². The van der Waals surface area contributed by atoms with Gasteiger partial charge < -0.3 is 15.2 Å². The summed E-state index contributed by atoms with van der Waals surface area (Å²) in [6.07, 6.45) is 1.61. The predicted molar refractivity (Wildman–Crippen MR) is 90.6 cm³/mol. The molecule has 2 aromatic rings. The Bertz CT molecular complexity index is 596. The highest BCUT2D eigenvalue weighted by atomic mass is 16.5. The van der Waals surface area contributed by atoms with Gasteiger partial charge in [-0.25, -0.2) is 0 Å². The zero-order valence-corrected chi connectivity index (χ0v) is 13.4. The number of hydrogen-bond acceptors (Lipinski definition) is 3. The van der Waals surface area contributed by atoms with Crippen molar-refractivity contribution in [3.63, 3.8) is 0 Å². The summed E-state index contributed by atoms with van der Waals surface area (Å²) < 4.78 is 5.15. The van der Waals surface area contributed by atoms with Crippen molar-refractivity contribution in [1.29, 1.82) is 0 Å². The number of benzene rings is 2. The molecule has 4 heteroatoms. The van der Waals surface area contributed by atoms with Crippen LogP contribution in [0.15, 0.2) is 54.6 Å². The molecule has 0 radical (unpaired) electrons. The van der Waals surface area contributed by atoms with E-state index in [9.17, 15) is 4.79 Å². The van der Waals surface area contributed by atoms with E-state index in [1.54, 1.807) is 7.11 Å². The first-order valence-electron chi connectivity index (χ1n) is 7.79. The highest BCUT2D eigenvalue weighted by Crippen LogP contribution is 2.13. The second kappa shape index (κ2) is 8.96. The second-order valence-corrected chi connectivity index (χ2v) is 5.55. The zero-order chi connectivity index (χ0) is 16.5. The number of carboxylic acids is 1. The smallest absolute Gasteiger partial charge is 0.303 e. The normalized spacial score (nSPS) is 11.9. The fourth-order valence-corrected chi connectivity index (χ4v) is 2.48. The van der Waals surface area contributed by atoms with Crippen molar-refractivity contribution in [2.24, 2.45) is 0 Å². The summed E-state index contributed by atoms with van der Waals surface area (Å²) in [5, 5.41) is 12.4. The minimum absolute atomic E-state index is 0.135. The molecule has 0 bridgehead atoms. The molecule has 0 heterocycles. The first-order chi connectivity index (χ1) is 11.2. The first kappa shape index (κ1) is 17.0. The Labute approximate surface area is 137 Å². The molecule has 0 aliphatic heterocycles. The number of nitrogens with one attached hydrogen (secondary N) is 1. The Kier molecular flexibility index (Phi) is 6.63. The number of ether oxygens (including phenoxy) is 1. The molecule has 122 valence electrons. The van der Waals surface area contributed by atoms with Crippen LogP contribution in [0, 0.1) is 0 Å². The molecular formula is C19H23NO3. The standard InChI is InChI=1S/C19H23NO3/c1-23-18-10-7-16(8-11-18)14-20-17(9-12-19(21)22)13-15-5-3-2-4-6-15/h2-8,10-11,17,20H,9,12-14H2,1H3,(H,21,22). The Morgan fingerprint density at radius 1 is 1.09 bits per heavy atom. The van der Waals surface area contributed by atoms with Crippen molar-refractivity contribution in [1.82, 2.24) is 5.32 Å². The topological polar surface area (TPSA) is 58.6 Å². The summed E-state index contributed by atoms with van der Waals surface area (Å²) in [4.78, 5) is 10.9. The number of carboxylic acid groups (broad SMARTS) is 1. The van der Waals surface area contributed by atoms with Crippen molar-refractivity contribution in [3.8, 4) is 5.75 Å². The molecule has 0 fully saturated rings. The van der Waals surface area contributed by atoms with Gasteiger partial charge in [0, 0.05) is 19.0 Å². The molecule has 4 nitrogen and oxygen atoms in total. The van der Waals surface area contributed by atoms with Crippen molar-refractivity contribution in [2.75, 3.05) is 7.11 Å². The lowest BCUT2D eigenvalue weighted by Crippen LogP contribution is -2.31. The van der Waals surface area contributed by atoms with Gasteiger partial charge in [0.15, 0.2) is 0 Å². The van der Waals surface area contributed by atoms with Crippen molar-refractivity contribution >= 4 is 5.97 Å². The second-order valence-electron chi connectivity index (χ2n) is 5.55. The number of aliphatic carboxylic acids is 1. The van der Waals surface area contributed by atoms with Crippen LogP contribution in [0.1, 0.15) is 24.0 Å². The summed E-state index contributed by atoms with van der Waals surface area (Å²) >= 11 is 0. The van der Waals surface area contributed by atoms with Gasteiger partial charge in [-0.2, -0.15) is 0 Å². The minimum Gasteiger partial charge on any atom is -0.497 e. The first-order valence-corrected chi connectivity index (χ1v) is 7.79. The summed E-state index contributed by atoms with van der Waals surface area (Å²) in [6, 6.07) is 18.2. The number of carbonyl (C=O) groups is 1. The third-order valence-corrected chi connectivity index (χ3v) is 3.79. The average molecular weight is 313 g/mol. The van der Waals surface area contributed by atoms with Crippen molar-refractivity contribution in [2.45, 2.75) is 31.8 Å². The molecule has 1 atom stereocenters. The van der Waals surface area contributed by atoms with E-state index in [1.807, 2.05) is 42.5 Å². The molecule has 0 aliphatic carbocycles. The molecule has 0 aliphatic rings. The molecule has 23 heavy (non-hydrogen) atoms. The third kappa shape index (κ3) is 6.12. The minimum atomic E-state index is -0.755. The molecular weight excluding hydrogens is 290 g/mol. The highest BCUT2D eigenvalue weighted by Gasteiger charge is 2.11. The van der Waals surface area contributed by atoms with Crippen molar-refractivity contribution in [3.05, 3.63) is 65.7 Å². The molecule has 2 aromatic carbocycles. The van der Waals surface area contributed by atoms with Crippen LogP contribution in [0.2, 0.25) is 0 Å². The Hall–Kier alpha value is -2.33. The maximum absolute atomic E-state index is 10.9. The third-order valence-electron chi connectivity index (χ3n) is 3.79. The molecule has 0 amide bonds. The van der Waals surface area contributed by atoms with Gasteiger partial charge in [-0.1, -0.05) is 42.5 Å². The molecule has 0 spiro atoms. The van der Waals surface area contributed by atoms with Gasteiger partial charge in [0.05, 0.1) is 7.11 Å². The Morgan fingerprint density at radius 2 is 1.78 bits per heavy atom. The van der Waals surface area contributed by atoms with Crippen LogP contribution in [-0.2, 0) is 17.8 Å². The van der Waals surface area contributed by atoms with E-state index < -0.39 is 5.97 Å². The number of methoxy groups -OCH3 is 1. The Balaban J connectivity index is 1.94. The van der Waals surface area contributed by atoms with E-state index in [0.717, 1.165) is 17.7 Å². The van der Waals surface area contributed by atoms with E-state index in [-0.39, 0.29) is 12.5 Å². The van der Waals surface area contributed by atoms with E-state index in [1.165, 1.54) is 5.56 Å². The molecule has 2 rings (SSSR count). The summed E-state index contributed by atoms with van der Waals surface area (Å²) in [6.45, 7) is 0.709. The number of rotatable bonds is 9. The lowest BCUT2D eigenvalue weighted by atomic mass is 10.0. The molecule has 0 aromatic heterocycles. The van der Waals surface area contributed by atoms with E-state index in [2.05, 4.69) is 17.4 Å². The van der Waals surface area contributed by atoms with Gasteiger partial charge in [-0.15, -0.1) is 0 Å². The fraction of sp³-hybridized carbons (Fsp3) is 0.316. The monoisotopic (exact) mass is 313 g/mol. The maximum Gasteiger partial charge on any atom is 0.303 e. The van der Waals surface area contributed by atoms with Crippen LogP contribution >= 0.6 is 0 Å². The van der Waals surface area contributed by atoms with Crippen LogP contribution in [0.4, 0.5) is 0 Å². The molecule has 2 N–H and O–H groups in total. The summed E-state index contributed by atoms with van der Waals surface area (Å²) in [7, 11) is 1.65. The lowest BCUT2D eigenvalue weighted by Gasteiger charge is -2.18. The van der Waals surface area contributed by atoms with Gasteiger partial charge in [-0.3, -0.25) is 4.79 Å². The van der Waals surface area contributed by atoms with E-state index in [0.29, 0.717) is 13.0 Å².